The summed E-state index contributed by atoms with van der Waals surface area (Å²) in [6.07, 6.45) is 0. The number of carbonyl (C=O) groups excluding carboxylic acids is 2. The van der Waals surface area contributed by atoms with Crippen LogP contribution in [0.25, 0.3) is 5.76 Å². The largest absolute Gasteiger partial charge is 0.507 e. The molecular weight excluding hydrogens is 496 g/mol. The minimum atomic E-state index is -0.851. The molecule has 3 aromatic carbocycles. The fourth-order valence-corrected chi connectivity index (χ4v) is 4.99. The van der Waals surface area contributed by atoms with Crippen LogP contribution in [0.3, 0.4) is 0 Å². The summed E-state index contributed by atoms with van der Waals surface area (Å²) in [4.78, 5) is 30.5. The van der Waals surface area contributed by atoms with Crippen molar-refractivity contribution < 1.29 is 28.9 Å². The van der Waals surface area contributed by atoms with Gasteiger partial charge < -0.3 is 24.2 Å². The quantitative estimate of drug-likeness (QED) is 0.242. The first-order valence-electron chi connectivity index (χ1n) is 13.0. The molecule has 2 aliphatic heterocycles. The number of nitrogens with zero attached hydrogens (tertiary/aromatic N) is 2. The molecule has 0 bridgehead atoms. The molecule has 1 N–H and O–H groups in total. The van der Waals surface area contributed by atoms with Crippen molar-refractivity contribution in [3.05, 3.63) is 82.9 Å². The Kier molecular flexibility index (Phi) is 6.95. The van der Waals surface area contributed by atoms with E-state index in [1.807, 2.05) is 70.1 Å². The van der Waals surface area contributed by atoms with Gasteiger partial charge >= 0.3 is 0 Å². The second-order valence-corrected chi connectivity index (χ2v) is 10.0. The number of amides is 1. The Morgan fingerprint density at radius 3 is 2.41 bits per heavy atom. The van der Waals surface area contributed by atoms with Crippen LogP contribution < -0.4 is 24.0 Å². The molecule has 3 aromatic rings. The zero-order valence-electron chi connectivity index (χ0n) is 22.7. The highest BCUT2D eigenvalue weighted by Crippen LogP contribution is 2.45. The van der Waals surface area contributed by atoms with E-state index in [0.717, 1.165) is 17.0 Å². The molecule has 0 saturated carbocycles. The molecule has 1 amide bonds. The fraction of sp³-hybridized carbons (Fsp3) is 0.290. The zero-order valence-corrected chi connectivity index (χ0v) is 22.7. The lowest BCUT2D eigenvalue weighted by atomic mass is 9.93. The number of aliphatic hydroxyl groups excluding tert-OH is 1. The monoisotopic (exact) mass is 528 g/mol. The first kappa shape index (κ1) is 26.2. The van der Waals surface area contributed by atoms with E-state index in [-0.39, 0.29) is 24.0 Å². The third kappa shape index (κ3) is 4.67. The number of hydrogen-bond donors (Lipinski definition) is 1. The number of aliphatic hydroxyl groups is 1. The molecule has 1 saturated heterocycles. The molecule has 8 heteroatoms. The molecule has 39 heavy (non-hydrogen) atoms. The number of ether oxygens (including phenoxy) is 3. The van der Waals surface area contributed by atoms with E-state index in [9.17, 15) is 14.7 Å². The maximum atomic E-state index is 13.6. The molecule has 0 radical (unpaired) electrons. The number of fused-ring (bicyclic) bond motifs is 1. The lowest BCUT2D eigenvalue weighted by Gasteiger charge is -2.26. The van der Waals surface area contributed by atoms with E-state index in [1.54, 1.807) is 30.3 Å². The fourth-order valence-electron chi connectivity index (χ4n) is 4.99. The summed E-state index contributed by atoms with van der Waals surface area (Å²) in [5.74, 6) is 0.176. The van der Waals surface area contributed by atoms with Crippen molar-refractivity contribution in [3.8, 4) is 17.2 Å². The Morgan fingerprint density at radius 2 is 1.74 bits per heavy atom. The van der Waals surface area contributed by atoms with Crippen molar-refractivity contribution in [2.45, 2.75) is 32.7 Å². The van der Waals surface area contributed by atoms with Gasteiger partial charge in [-0.2, -0.15) is 0 Å². The van der Waals surface area contributed by atoms with Gasteiger partial charge in [0.25, 0.3) is 11.7 Å². The maximum absolute atomic E-state index is 13.6. The van der Waals surface area contributed by atoms with Crippen molar-refractivity contribution >= 4 is 28.8 Å². The molecule has 0 aromatic heterocycles. The summed E-state index contributed by atoms with van der Waals surface area (Å²) in [7, 11) is 3.87. The molecule has 5 rings (SSSR count). The molecule has 0 aliphatic carbocycles. The SMILES string of the molecule is CCOc1ccc(/C(O)=C2\C(=O)C(=O)N(c3ccc4c(c3)OCO4)C2c2ccc(N(C)C)cc2)cc1C(C)C. The van der Waals surface area contributed by atoms with Crippen LogP contribution in [-0.4, -0.2) is 44.3 Å². The lowest BCUT2D eigenvalue weighted by Crippen LogP contribution is -2.29. The highest BCUT2D eigenvalue weighted by molar-refractivity contribution is 6.51. The minimum absolute atomic E-state index is 0.0223. The van der Waals surface area contributed by atoms with Crippen molar-refractivity contribution in [1.82, 2.24) is 0 Å². The number of ketones is 1. The summed E-state index contributed by atoms with van der Waals surface area (Å²) in [6.45, 7) is 6.58. The summed E-state index contributed by atoms with van der Waals surface area (Å²) in [5, 5.41) is 11.6. The first-order valence-corrected chi connectivity index (χ1v) is 13.0. The Morgan fingerprint density at radius 1 is 1.03 bits per heavy atom. The van der Waals surface area contributed by atoms with Gasteiger partial charge in [-0.25, -0.2) is 0 Å². The standard InChI is InChI=1S/C31H32N2O6/c1-6-37-24-13-9-20(15-23(24)18(2)3)29(34)27-28(19-7-10-21(11-8-19)32(4)5)33(31(36)30(27)35)22-12-14-25-26(16-22)39-17-38-25/h7-16,18,28,34H,6,17H2,1-5H3/b29-27+. The molecule has 1 fully saturated rings. The van der Waals surface area contributed by atoms with Crippen LogP contribution in [0.4, 0.5) is 11.4 Å². The van der Waals surface area contributed by atoms with Gasteiger partial charge in [0, 0.05) is 37.1 Å². The Hall–Kier alpha value is -4.46. The Balaban J connectivity index is 1.68. The van der Waals surface area contributed by atoms with Gasteiger partial charge in [-0.15, -0.1) is 0 Å². The van der Waals surface area contributed by atoms with E-state index >= 15 is 0 Å². The molecule has 202 valence electrons. The maximum Gasteiger partial charge on any atom is 0.300 e. The van der Waals surface area contributed by atoms with Gasteiger partial charge in [0.2, 0.25) is 6.79 Å². The number of benzene rings is 3. The molecule has 0 spiro atoms. The van der Waals surface area contributed by atoms with Gasteiger partial charge in [0.15, 0.2) is 11.5 Å². The van der Waals surface area contributed by atoms with E-state index in [1.165, 1.54) is 4.90 Å². The normalized spacial score (nSPS) is 17.7. The molecule has 1 unspecified atom stereocenters. The van der Waals surface area contributed by atoms with Crippen LogP contribution in [0, 0.1) is 0 Å². The van der Waals surface area contributed by atoms with E-state index in [2.05, 4.69) is 0 Å². The highest BCUT2D eigenvalue weighted by Gasteiger charge is 2.47. The van der Waals surface area contributed by atoms with Crippen molar-refractivity contribution in [2.24, 2.45) is 0 Å². The van der Waals surface area contributed by atoms with Crippen LogP contribution in [0.1, 0.15) is 49.4 Å². The van der Waals surface area contributed by atoms with Crippen molar-refractivity contribution in [3.63, 3.8) is 0 Å². The molecule has 2 aliphatic rings. The molecule has 1 atom stereocenters. The number of Topliss-reactive ketones (excluding diaryl/α,β-unsaturated/α-hetero) is 1. The van der Waals surface area contributed by atoms with Crippen LogP contribution in [0.2, 0.25) is 0 Å². The number of rotatable bonds is 7. The second-order valence-electron chi connectivity index (χ2n) is 10.0. The Labute approximate surface area is 228 Å². The van der Waals surface area contributed by atoms with Gasteiger partial charge in [-0.1, -0.05) is 26.0 Å². The average Bonchev–Trinajstić information content (AvgIpc) is 3.50. The van der Waals surface area contributed by atoms with Crippen LogP contribution in [-0.2, 0) is 9.59 Å². The van der Waals surface area contributed by atoms with Gasteiger partial charge in [0.1, 0.15) is 11.5 Å². The van der Waals surface area contributed by atoms with Crippen LogP contribution in [0.5, 0.6) is 17.2 Å². The third-order valence-corrected chi connectivity index (χ3v) is 7.01. The summed E-state index contributed by atoms with van der Waals surface area (Å²) in [6, 6.07) is 17.2. The van der Waals surface area contributed by atoms with E-state index in [0.29, 0.717) is 34.9 Å². The topological polar surface area (TPSA) is 88.5 Å². The van der Waals surface area contributed by atoms with Crippen LogP contribution >= 0.6 is 0 Å². The lowest BCUT2D eigenvalue weighted by molar-refractivity contribution is -0.132. The first-order chi connectivity index (χ1) is 18.7. The summed E-state index contributed by atoms with van der Waals surface area (Å²) in [5.41, 5.74) is 3.49. The molecular formula is C31H32N2O6. The van der Waals surface area contributed by atoms with Gasteiger partial charge in [0.05, 0.1) is 18.2 Å². The number of hydrogen-bond acceptors (Lipinski definition) is 7. The molecule has 8 nitrogen and oxygen atoms in total. The summed E-state index contributed by atoms with van der Waals surface area (Å²) >= 11 is 0. The molecule has 2 heterocycles. The predicted octanol–water partition coefficient (Wildman–Crippen LogP) is 5.63. The second kappa shape index (κ2) is 10.4. The van der Waals surface area contributed by atoms with Crippen molar-refractivity contribution in [2.75, 3.05) is 37.3 Å². The van der Waals surface area contributed by atoms with Crippen molar-refractivity contribution in [1.29, 1.82) is 0 Å². The minimum Gasteiger partial charge on any atom is -0.507 e. The van der Waals surface area contributed by atoms with Crippen LogP contribution in [0.15, 0.2) is 66.2 Å². The summed E-state index contributed by atoms with van der Waals surface area (Å²) < 4.78 is 16.7. The van der Waals surface area contributed by atoms with E-state index < -0.39 is 17.7 Å². The average molecular weight is 529 g/mol. The van der Waals surface area contributed by atoms with Gasteiger partial charge in [-0.3, -0.25) is 14.5 Å². The number of carbonyl (C=O) groups is 2. The zero-order chi connectivity index (χ0) is 27.8. The third-order valence-electron chi connectivity index (χ3n) is 7.01. The van der Waals surface area contributed by atoms with E-state index in [4.69, 9.17) is 14.2 Å². The Bertz CT molecular complexity index is 1460. The number of anilines is 2. The smallest absolute Gasteiger partial charge is 0.300 e. The predicted molar refractivity (Wildman–Crippen MR) is 150 cm³/mol. The van der Waals surface area contributed by atoms with Gasteiger partial charge in [-0.05, 0) is 66.4 Å². The highest BCUT2D eigenvalue weighted by atomic mass is 16.7.